The third-order valence-electron chi connectivity index (χ3n) is 9.97. The second-order valence-corrected chi connectivity index (χ2v) is 10.8. The number of aliphatic hydroxyl groups is 1. The molecule has 1 heterocycles. The molecule has 0 aromatic carbocycles. The number of Topliss-reactive ketones (excluding diaryl/α,β-unsaturated/α-hetero) is 1. The molecule has 1 aliphatic heterocycles. The highest BCUT2D eigenvalue weighted by Gasteiger charge is 2.72. The van der Waals surface area contributed by atoms with E-state index in [0.717, 1.165) is 31.3 Å². The first-order valence-corrected chi connectivity index (χ1v) is 11.4. The number of ketones is 1. The molecule has 164 valence electrons. The molecule has 0 radical (unpaired) electrons. The summed E-state index contributed by atoms with van der Waals surface area (Å²) in [5.74, 6) is -1.14. The predicted molar refractivity (Wildman–Crippen MR) is 107 cm³/mol. The zero-order valence-electron chi connectivity index (χ0n) is 18.2. The van der Waals surface area contributed by atoms with Crippen LogP contribution < -0.4 is 0 Å². The molecular formula is C24H32O6. The van der Waals surface area contributed by atoms with E-state index in [4.69, 9.17) is 9.47 Å². The highest BCUT2D eigenvalue weighted by atomic mass is 16.6. The summed E-state index contributed by atoms with van der Waals surface area (Å²) in [4.78, 5) is 37.2. The number of ether oxygens (including phenoxy) is 2. The smallest absolute Gasteiger partial charge is 0.312 e. The Balaban J connectivity index is 1.64. The molecular weight excluding hydrogens is 384 g/mol. The minimum atomic E-state index is -1.07. The predicted octanol–water partition coefficient (Wildman–Crippen LogP) is 3.11. The van der Waals surface area contributed by atoms with Crippen molar-refractivity contribution >= 4 is 17.7 Å². The van der Waals surface area contributed by atoms with Gasteiger partial charge < -0.3 is 14.6 Å². The fourth-order valence-electron chi connectivity index (χ4n) is 8.12. The zero-order chi connectivity index (χ0) is 21.5. The number of rotatable bonds is 1. The lowest BCUT2D eigenvalue weighted by Gasteiger charge is -2.64. The van der Waals surface area contributed by atoms with Crippen LogP contribution >= 0.6 is 0 Å². The lowest BCUT2D eigenvalue weighted by Crippen LogP contribution is -2.67. The van der Waals surface area contributed by atoms with E-state index < -0.39 is 22.5 Å². The van der Waals surface area contributed by atoms with Gasteiger partial charge in [0.15, 0.2) is 0 Å². The second-order valence-electron chi connectivity index (χ2n) is 10.8. The first kappa shape index (κ1) is 20.2. The van der Waals surface area contributed by atoms with Crippen molar-refractivity contribution in [3.63, 3.8) is 0 Å². The van der Waals surface area contributed by atoms with Crippen LogP contribution in [0.25, 0.3) is 0 Å². The largest absolute Gasteiger partial charge is 0.469 e. The number of methoxy groups -OCH3 is 1. The van der Waals surface area contributed by atoms with Gasteiger partial charge in [-0.1, -0.05) is 25.5 Å². The molecule has 7 atom stereocenters. The van der Waals surface area contributed by atoms with Crippen LogP contribution in [0, 0.1) is 28.6 Å². The topological polar surface area (TPSA) is 89.9 Å². The monoisotopic (exact) mass is 416 g/mol. The van der Waals surface area contributed by atoms with Crippen LogP contribution in [-0.2, 0) is 23.9 Å². The van der Waals surface area contributed by atoms with Crippen molar-refractivity contribution in [2.45, 2.75) is 82.8 Å². The maximum absolute atomic E-state index is 12.9. The van der Waals surface area contributed by atoms with Gasteiger partial charge in [0.2, 0.25) is 0 Å². The molecule has 6 heteroatoms. The van der Waals surface area contributed by atoms with E-state index in [1.165, 1.54) is 7.11 Å². The summed E-state index contributed by atoms with van der Waals surface area (Å²) >= 11 is 0. The van der Waals surface area contributed by atoms with Crippen molar-refractivity contribution in [1.82, 2.24) is 0 Å². The standard InChI is InChI=1S/C24H32O6/c1-21-7-4-15(25)12-14(21)13-16(20(27)29-3)19-17-5-8-23(9-6-18(26)30-23)22(17,2)10-11-24(19,21)28/h13,16-17,19,28H,4-12H2,1-3H3. The van der Waals surface area contributed by atoms with Gasteiger partial charge in [0.1, 0.15) is 11.4 Å². The number of carbonyl (C=O) groups excluding carboxylic acids is 3. The Morgan fingerprint density at radius 2 is 1.90 bits per heavy atom. The fourth-order valence-corrected chi connectivity index (χ4v) is 8.12. The van der Waals surface area contributed by atoms with Crippen molar-refractivity contribution in [1.29, 1.82) is 0 Å². The molecule has 1 saturated heterocycles. The minimum Gasteiger partial charge on any atom is -0.469 e. The number of esters is 2. The van der Waals surface area contributed by atoms with Crippen LogP contribution in [0.2, 0.25) is 0 Å². The van der Waals surface area contributed by atoms with Crippen LogP contribution in [-0.4, -0.2) is 41.1 Å². The van der Waals surface area contributed by atoms with E-state index >= 15 is 0 Å². The highest BCUT2D eigenvalue weighted by molar-refractivity contribution is 5.84. The normalized spacial score (nSPS) is 49.7. The second kappa shape index (κ2) is 6.18. The Bertz CT molecular complexity index is 862. The van der Waals surface area contributed by atoms with E-state index in [0.29, 0.717) is 32.1 Å². The highest BCUT2D eigenvalue weighted by Crippen LogP contribution is 2.71. The number of fused-ring (bicyclic) bond motifs is 6. The van der Waals surface area contributed by atoms with Crippen molar-refractivity contribution in [2.75, 3.05) is 7.11 Å². The van der Waals surface area contributed by atoms with Gasteiger partial charge in [0.25, 0.3) is 0 Å². The number of hydrogen-bond donors (Lipinski definition) is 1. The lowest BCUT2D eigenvalue weighted by molar-refractivity contribution is -0.220. The minimum absolute atomic E-state index is 0.0542. The summed E-state index contributed by atoms with van der Waals surface area (Å²) in [6.45, 7) is 4.28. The number of hydrogen-bond acceptors (Lipinski definition) is 6. The summed E-state index contributed by atoms with van der Waals surface area (Å²) in [6, 6.07) is 0. The van der Waals surface area contributed by atoms with Gasteiger partial charge >= 0.3 is 11.9 Å². The third-order valence-corrected chi connectivity index (χ3v) is 9.97. The van der Waals surface area contributed by atoms with Crippen LogP contribution in [0.1, 0.15) is 71.6 Å². The first-order valence-electron chi connectivity index (χ1n) is 11.4. The molecule has 1 spiro atoms. The Morgan fingerprint density at radius 1 is 1.13 bits per heavy atom. The van der Waals surface area contributed by atoms with Gasteiger partial charge in [-0.15, -0.1) is 0 Å². The zero-order valence-corrected chi connectivity index (χ0v) is 18.2. The van der Waals surface area contributed by atoms with E-state index in [-0.39, 0.29) is 35.0 Å². The maximum Gasteiger partial charge on any atom is 0.312 e. The molecule has 30 heavy (non-hydrogen) atoms. The van der Waals surface area contributed by atoms with Crippen molar-refractivity contribution in [3.05, 3.63) is 11.6 Å². The van der Waals surface area contributed by atoms with Gasteiger partial charge in [-0.05, 0) is 44.4 Å². The summed E-state index contributed by atoms with van der Waals surface area (Å²) in [5, 5.41) is 12.3. The molecule has 5 rings (SSSR count). The van der Waals surface area contributed by atoms with Crippen molar-refractivity contribution < 1.29 is 29.0 Å². The van der Waals surface area contributed by atoms with Crippen LogP contribution in [0.3, 0.4) is 0 Å². The molecule has 1 N–H and O–H groups in total. The van der Waals surface area contributed by atoms with E-state index in [1.54, 1.807) is 0 Å². The van der Waals surface area contributed by atoms with Crippen LogP contribution in [0.15, 0.2) is 11.6 Å². The molecule has 0 bridgehead atoms. The van der Waals surface area contributed by atoms with Crippen LogP contribution in [0.5, 0.6) is 0 Å². The summed E-state index contributed by atoms with van der Waals surface area (Å²) < 4.78 is 11.1. The first-order chi connectivity index (χ1) is 14.1. The molecule has 5 aliphatic rings. The van der Waals surface area contributed by atoms with Gasteiger partial charge in [-0.3, -0.25) is 14.4 Å². The van der Waals surface area contributed by atoms with E-state index in [1.807, 2.05) is 6.08 Å². The van der Waals surface area contributed by atoms with Gasteiger partial charge in [0, 0.05) is 36.0 Å². The maximum atomic E-state index is 12.9. The molecule has 6 nitrogen and oxygen atoms in total. The average molecular weight is 417 g/mol. The number of carbonyl (C=O) groups is 3. The molecule has 3 saturated carbocycles. The molecule has 0 aromatic heterocycles. The Kier molecular flexibility index (Phi) is 4.17. The van der Waals surface area contributed by atoms with Gasteiger partial charge in [-0.2, -0.15) is 0 Å². The van der Waals surface area contributed by atoms with Crippen LogP contribution in [0.4, 0.5) is 0 Å². The summed E-state index contributed by atoms with van der Waals surface area (Å²) in [7, 11) is 1.39. The van der Waals surface area contributed by atoms with Gasteiger partial charge in [0.05, 0.1) is 18.6 Å². The Labute approximate surface area is 177 Å². The molecule has 0 amide bonds. The fraction of sp³-hybridized carbons (Fsp3) is 0.792. The van der Waals surface area contributed by atoms with E-state index in [2.05, 4.69) is 13.8 Å². The molecule has 7 unspecified atom stereocenters. The quantitative estimate of drug-likeness (QED) is 0.522. The summed E-state index contributed by atoms with van der Waals surface area (Å²) in [6.07, 6.45) is 7.40. The average Bonchev–Trinajstić information content (AvgIpc) is 3.23. The third kappa shape index (κ3) is 2.26. The molecule has 4 aliphatic carbocycles. The van der Waals surface area contributed by atoms with Gasteiger partial charge in [-0.25, -0.2) is 0 Å². The van der Waals surface area contributed by atoms with E-state index in [9.17, 15) is 19.5 Å². The summed E-state index contributed by atoms with van der Waals surface area (Å²) in [5.41, 5.74) is -1.44. The molecule has 4 fully saturated rings. The van der Waals surface area contributed by atoms with Crippen molar-refractivity contribution in [2.24, 2.45) is 28.6 Å². The SMILES string of the molecule is COC(=O)C1C=C2CC(=O)CCC2(C)C2(O)CCC3(C)C(CCC34CCC(=O)O4)C12. The Hall–Kier alpha value is -1.69. The Morgan fingerprint density at radius 3 is 2.57 bits per heavy atom. The van der Waals surface area contributed by atoms with Crippen molar-refractivity contribution in [3.8, 4) is 0 Å². The lowest BCUT2D eigenvalue weighted by atomic mass is 9.42. The molecule has 0 aromatic rings.